The molecule has 76 valence electrons. The summed E-state index contributed by atoms with van der Waals surface area (Å²) in [6.45, 7) is 7.37. The number of likely N-dealkylation sites (tertiary alicyclic amines) is 1. The van der Waals surface area contributed by atoms with E-state index in [1.807, 2.05) is 0 Å². The molecule has 1 saturated heterocycles. The molecule has 1 aliphatic carbocycles. The van der Waals surface area contributed by atoms with Crippen molar-refractivity contribution in [3.63, 3.8) is 0 Å². The summed E-state index contributed by atoms with van der Waals surface area (Å²) in [7, 11) is 0. The lowest BCUT2D eigenvalue weighted by Gasteiger charge is -2.34. The van der Waals surface area contributed by atoms with Crippen LogP contribution in [0.1, 0.15) is 39.5 Å². The highest BCUT2D eigenvalue weighted by molar-refractivity contribution is 7.80. The van der Waals surface area contributed by atoms with Gasteiger partial charge in [-0.05, 0) is 57.2 Å². The van der Waals surface area contributed by atoms with E-state index in [0.29, 0.717) is 11.0 Å². The Balaban J connectivity index is 1.94. The zero-order valence-corrected chi connectivity index (χ0v) is 9.74. The molecule has 2 fully saturated rings. The van der Waals surface area contributed by atoms with Crippen LogP contribution in [0.15, 0.2) is 0 Å². The molecular formula is C11H21NS. The Labute approximate surface area is 87.3 Å². The Morgan fingerprint density at radius 1 is 1.23 bits per heavy atom. The Bertz CT molecular complexity index is 196. The molecule has 2 aliphatic rings. The molecule has 1 nitrogen and oxygen atoms in total. The topological polar surface area (TPSA) is 3.24 Å². The van der Waals surface area contributed by atoms with E-state index in [2.05, 4.69) is 31.4 Å². The highest BCUT2D eigenvalue weighted by Crippen LogP contribution is 2.48. The molecule has 0 unspecified atom stereocenters. The van der Waals surface area contributed by atoms with E-state index < -0.39 is 0 Å². The molecule has 0 N–H and O–H groups in total. The molecular weight excluding hydrogens is 178 g/mol. The maximum Gasteiger partial charge on any atom is 0.0153 e. The highest BCUT2D eigenvalue weighted by Gasteiger charge is 2.45. The third-order valence-electron chi connectivity index (χ3n) is 3.89. The SMILES string of the molecule is CC1(C)CCCN1CC1(CS)CC1. The largest absolute Gasteiger partial charge is 0.298 e. The average Bonchev–Trinajstić information content (AvgIpc) is 2.76. The second kappa shape index (κ2) is 3.16. The number of rotatable bonds is 3. The van der Waals surface area contributed by atoms with Crippen LogP contribution in [0.25, 0.3) is 0 Å². The maximum atomic E-state index is 4.47. The van der Waals surface area contributed by atoms with Crippen molar-refractivity contribution in [1.29, 1.82) is 0 Å². The van der Waals surface area contributed by atoms with Crippen LogP contribution in [0.4, 0.5) is 0 Å². The van der Waals surface area contributed by atoms with Crippen LogP contribution in [-0.4, -0.2) is 29.3 Å². The standard InChI is InChI=1S/C11H21NS/c1-10(2)4-3-7-12(10)8-11(9-13)5-6-11/h13H,3-9H2,1-2H3. The van der Waals surface area contributed by atoms with Crippen molar-refractivity contribution < 1.29 is 0 Å². The summed E-state index contributed by atoms with van der Waals surface area (Å²) in [5, 5.41) is 0. The van der Waals surface area contributed by atoms with Crippen LogP contribution >= 0.6 is 12.6 Å². The minimum absolute atomic E-state index is 0.457. The summed E-state index contributed by atoms with van der Waals surface area (Å²) in [4.78, 5) is 2.68. The summed E-state index contributed by atoms with van der Waals surface area (Å²) >= 11 is 4.47. The van der Waals surface area contributed by atoms with E-state index in [1.165, 1.54) is 38.8 Å². The second-order valence-corrected chi connectivity index (χ2v) is 5.81. The van der Waals surface area contributed by atoms with Gasteiger partial charge in [0.15, 0.2) is 0 Å². The smallest absolute Gasteiger partial charge is 0.0153 e. The van der Waals surface area contributed by atoms with Crippen molar-refractivity contribution in [2.45, 2.75) is 45.1 Å². The maximum absolute atomic E-state index is 4.47. The van der Waals surface area contributed by atoms with Gasteiger partial charge in [-0.1, -0.05) is 0 Å². The van der Waals surface area contributed by atoms with E-state index in [0.717, 1.165) is 5.75 Å². The van der Waals surface area contributed by atoms with Gasteiger partial charge in [-0.15, -0.1) is 0 Å². The quantitative estimate of drug-likeness (QED) is 0.684. The molecule has 2 heteroatoms. The third-order valence-corrected chi connectivity index (χ3v) is 4.56. The van der Waals surface area contributed by atoms with E-state index >= 15 is 0 Å². The molecule has 0 bridgehead atoms. The van der Waals surface area contributed by atoms with E-state index in [-0.39, 0.29) is 0 Å². The van der Waals surface area contributed by atoms with Crippen molar-refractivity contribution in [2.24, 2.45) is 5.41 Å². The van der Waals surface area contributed by atoms with Crippen LogP contribution in [-0.2, 0) is 0 Å². The van der Waals surface area contributed by atoms with Crippen LogP contribution in [0, 0.1) is 5.41 Å². The Morgan fingerprint density at radius 2 is 1.92 bits per heavy atom. The predicted molar refractivity (Wildman–Crippen MR) is 60.4 cm³/mol. The number of thiol groups is 1. The minimum atomic E-state index is 0.457. The molecule has 0 radical (unpaired) electrons. The monoisotopic (exact) mass is 199 g/mol. The van der Waals surface area contributed by atoms with Crippen molar-refractivity contribution in [3.8, 4) is 0 Å². The van der Waals surface area contributed by atoms with Gasteiger partial charge in [-0.2, -0.15) is 12.6 Å². The lowest BCUT2D eigenvalue weighted by Crippen LogP contribution is -2.42. The lowest BCUT2D eigenvalue weighted by molar-refractivity contribution is 0.147. The van der Waals surface area contributed by atoms with Gasteiger partial charge in [0.25, 0.3) is 0 Å². The fraction of sp³-hybridized carbons (Fsp3) is 1.00. The molecule has 0 aromatic rings. The Morgan fingerprint density at radius 3 is 2.31 bits per heavy atom. The summed E-state index contributed by atoms with van der Waals surface area (Å²) in [5.74, 6) is 1.08. The molecule has 1 aliphatic heterocycles. The molecule has 2 rings (SSSR count). The number of nitrogens with zero attached hydrogens (tertiary/aromatic N) is 1. The van der Waals surface area contributed by atoms with Gasteiger partial charge in [0.2, 0.25) is 0 Å². The molecule has 1 saturated carbocycles. The van der Waals surface area contributed by atoms with E-state index in [9.17, 15) is 0 Å². The van der Waals surface area contributed by atoms with Gasteiger partial charge in [0, 0.05) is 12.1 Å². The molecule has 0 spiro atoms. The summed E-state index contributed by atoms with van der Waals surface area (Å²) in [5.41, 5.74) is 1.06. The third kappa shape index (κ3) is 1.89. The molecule has 0 amide bonds. The number of hydrogen-bond acceptors (Lipinski definition) is 2. The van der Waals surface area contributed by atoms with Crippen molar-refractivity contribution in [1.82, 2.24) is 4.90 Å². The molecule has 0 atom stereocenters. The van der Waals surface area contributed by atoms with Gasteiger partial charge < -0.3 is 0 Å². The van der Waals surface area contributed by atoms with Crippen molar-refractivity contribution in [3.05, 3.63) is 0 Å². The minimum Gasteiger partial charge on any atom is -0.298 e. The van der Waals surface area contributed by atoms with E-state index in [1.54, 1.807) is 0 Å². The van der Waals surface area contributed by atoms with E-state index in [4.69, 9.17) is 0 Å². The van der Waals surface area contributed by atoms with Gasteiger partial charge >= 0.3 is 0 Å². The first-order chi connectivity index (χ1) is 6.08. The molecule has 1 heterocycles. The second-order valence-electron chi connectivity index (χ2n) is 5.50. The van der Waals surface area contributed by atoms with Gasteiger partial charge in [0.05, 0.1) is 0 Å². The van der Waals surface area contributed by atoms with Crippen LogP contribution < -0.4 is 0 Å². The summed E-state index contributed by atoms with van der Waals surface area (Å²) < 4.78 is 0. The molecule has 0 aromatic heterocycles. The van der Waals surface area contributed by atoms with Gasteiger partial charge in [-0.3, -0.25) is 4.90 Å². The Kier molecular flexibility index (Phi) is 2.40. The first-order valence-electron chi connectivity index (χ1n) is 5.44. The zero-order chi connectivity index (χ0) is 9.53. The van der Waals surface area contributed by atoms with Crippen molar-refractivity contribution in [2.75, 3.05) is 18.8 Å². The van der Waals surface area contributed by atoms with Crippen LogP contribution in [0.2, 0.25) is 0 Å². The predicted octanol–water partition coefficient (Wildman–Crippen LogP) is 2.57. The first-order valence-corrected chi connectivity index (χ1v) is 6.07. The van der Waals surface area contributed by atoms with Gasteiger partial charge in [0.1, 0.15) is 0 Å². The molecule has 13 heavy (non-hydrogen) atoms. The average molecular weight is 199 g/mol. The Hall–Kier alpha value is 0.310. The van der Waals surface area contributed by atoms with Crippen molar-refractivity contribution >= 4 is 12.6 Å². The van der Waals surface area contributed by atoms with Crippen LogP contribution in [0.3, 0.4) is 0 Å². The lowest BCUT2D eigenvalue weighted by atomic mass is 10.00. The normalized spacial score (nSPS) is 30.7. The fourth-order valence-corrected chi connectivity index (χ4v) is 2.82. The van der Waals surface area contributed by atoms with Crippen LogP contribution in [0.5, 0.6) is 0 Å². The number of hydrogen-bond donors (Lipinski definition) is 1. The zero-order valence-electron chi connectivity index (χ0n) is 8.84. The fourth-order valence-electron chi connectivity index (χ4n) is 2.40. The van der Waals surface area contributed by atoms with Gasteiger partial charge in [-0.25, -0.2) is 0 Å². The molecule has 0 aromatic carbocycles. The summed E-state index contributed by atoms with van der Waals surface area (Å²) in [6, 6.07) is 0. The summed E-state index contributed by atoms with van der Waals surface area (Å²) in [6.07, 6.45) is 5.57. The highest BCUT2D eigenvalue weighted by atomic mass is 32.1. The first kappa shape index (κ1) is 9.85.